The van der Waals surface area contributed by atoms with Gasteiger partial charge in [0.05, 0.1) is 13.2 Å². The molecule has 138 valence electrons. The summed E-state index contributed by atoms with van der Waals surface area (Å²) < 4.78 is 4.79. The van der Waals surface area contributed by atoms with Gasteiger partial charge < -0.3 is 9.84 Å². The summed E-state index contributed by atoms with van der Waals surface area (Å²) in [5, 5.41) is 10.6. The van der Waals surface area contributed by atoms with Gasteiger partial charge in [-0.1, -0.05) is 40.7 Å². The predicted octanol–water partition coefficient (Wildman–Crippen LogP) is 4.74. The summed E-state index contributed by atoms with van der Waals surface area (Å²) in [7, 11) is 1.45. The van der Waals surface area contributed by atoms with Crippen molar-refractivity contribution in [2.45, 2.75) is 78.7 Å². The number of aliphatic hydroxyl groups excluding tert-OH is 1. The number of ether oxygens (including phenoxy) is 1. The van der Waals surface area contributed by atoms with Crippen LogP contribution in [0, 0.1) is 28.6 Å². The number of esters is 1. The van der Waals surface area contributed by atoms with Gasteiger partial charge in [0.1, 0.15) is 0 Å². The van der Waals surface area contributed by atoms with Gasteiger partial charge in [-0.2, -0.15) is 0 Å². The fraction of sp³-hybridized carbons (Fsp3) is 0.857. The molecular weight excluding hydrogens is 300 g/mol. The van der Waals surface area contributed by atoms with Gasteiger partial charge in [-0.05, 0) is 66.3 Å². The Morgan fingerprint density at radius 3 is 2.67 bits per heavy atom. The third kappa shape index (κ3) is 3.71. The van der Waals surface area contributed by atoms with Crippen LogP contribution in [-0.4, -0.2) is 24.3 Å². The van der Waals surface area contributed by atoms with Crippen molar-refractivity contribution in [1.82, 2.24) is 0 Å². The number of carbonyl (C=O) groups is 1. The molecule has 2 saturated carbocycles. The minimum atomic E-state index is -0.374. The van der Waals surface area contributed by atoms with E-state index in [-0.39, 0.29) is 22.9 Å². The summed E-state index contributed by atoms with van der Waals surface area (Å²) in [6.45, 7) is 13.5. The quantitative estimate of drug-likeness (QED) is 0.583. The fourth-order valence-electron chi connectivity index (χ4n) is 5.64. The van der Waals surface area contributed by atoms with Crippen LogP contribution < -0.4 is 0 Å². The molecule has 5 atom stereocenters. The lowest BCUT2D eigenvalue weighted by molar-refractivity contribution is -0.141. The Bertz CT molecular complexity index is 481. The maximum Gasteiger partial charge on any atom is 0.305 e. The lowest BCUT2D eigenvalue weighted by Crippen LogP contribution is -2.52. The zero-order valence-electron chi connectivity index (χ0n) is 16.2. The molecule has 24 heavy (non-hydrogen) atoms. The van der Waals surface area contributed by atoms with Gasteiger partial charge in [0.2, 0.25) is 0 Å². The van der Waals surface area contributed by atoms with E-state index in [1.165, 1.54) is 26.4 Å². The Morgan fingerprint density at radius 2 is 2.04 bits per heavy atom. The van der Waals surface area contributed by atoms with Crippen molar-refractivity contribution in [1.29, 1.82) is 0 Å². The van der Waals surface area contributed by atoms with E-state index in [0.717, 1.165) is 24.8 Å². The van der Waals surface area contributed by atoms with Crippen LogP contribution in [0.3, 0.4) is 0 Å². The van der Waals surface area contributed by atoms with Crippen LogP contribution in [0.5, 0.6) is 0 Å². The Balaban J connectivity index is 2.13. The molecule has 0 aromatic rings. The summed E-state index contributed by atoms with van der Waals surface area (Å²) >= 11 is 0. The number of aliphatic hydroxyl groups is 1. The van der Waals surface area contributed by atoms with E-state index in [1.807, 2.05) is 0 Å². The molecular formula is C21H36O3. The van der Waals surface area contributed by atoms with Crippen molar-refractivity contribution < 1.29 is 14.6 Å². The van der Waals surface area contributed by atoms with Crippen molar-refractivity contribution in [2.24, 2.45) is 28.6 Å². The molecule has 2 aliphatic rings. The van der Waals surface area contributed by atoms with Crippen molar-refractivity contribution in [3.63, 3.8) is 0 Å². The molecule has 0 bridgehead atoms. The molecule has 3 heteroatoms. The lowest BCUT2D eigenvalue weighted by Gasteiger charge is -2.59. The van der Waals surface area contributed by atoms with E-state index in [2.05, 4.69) is 34.3 Å². The predicted molar refractivity (Wildman–Crippen MR) is 97.5 cm³/mol. The van der Waals surface area contributed by atoms with E-state index >= 15 is 0 Å². The fourth-order valence-corrected chi connectivity index (χ4v) is 5.64. The second-order valence-corrected chi connectivity index (χ2v) is 9.24. The van der Waals surface area contributed by atoms with Gasteiger partial charge in [-0.25, -0.2) is 0 Å². The van der Waals surface area contributed by atoms with E-state index in [9.17, 15) is 9.90 Å². The topological polar surface area (TPSA) is 46.5 Å². The van der Waals surface area contributed by atoms with Crippen LogP contribution in [-0.2, 0) is 9.53 Å². The van der Waals surface area contributed by atoms with Crippen LogP contribution in [0.25, 0.3) is 0 Å². The second-order valence-electron chi connectivity index (χ2n) is 9.24. The van der Waals surface area contributed by atoms with Gasteiger partial charge in [0.25, 0.3) is 0 Å². The van der Waals surface area contributed by atoms with Crippen LogP contribution >= 0.6 is 0 Å². The number of hydrogen-bond acceptors (Lipinski definition) is 3. The van der Waals surface area contributed by atoms with E-state index in [1.54, 1.807) is 0 Å². The highest BCUT2D eigenvalue weighted by atomic mass is 16.5. The van der Waals surface area contributed by atoms with Crippen molar-refractivity contribution in [3.8, 4) is 0 Å². The van der Waals surface area contributed by atoms with Gasteiger partial charge in [0.15, 0.2) is 0 Å². The SMILES string of the molecule is C=C1[C@H](O)C[C@H]2C(C)(C)CCC[C@]2(C)[C@H]1CC[C@@H](C)CC(=O)OC. The number of methoxy groups -OCH3 is 1. The molecule has 2 rings (SSSR count). The molecule has 0 amide bonds. The average Bonchev–Trinajstić information content (AvgIpc) is 2.49. The first-order chi connectivity index (χ1) is 11.1. The summed E-state index contributed by atoms with van der Waals surface area (Å²) in [5.41, 5.74) is 1.53. The number of rotatable bonds is 5. The molecule has 0 aromatic heterocycles. The van der Waals surface area contributed by atoms with E-state index < -0.39 is 0 Å². The van der Waals surface area contributed by atoms with Gasteiger partial charge in [-0.3, -0.25) is 4.79 Å². The van der Waals surface area contributed by atoms with Crippen molar-refractivity contribution >= 4 is 5.97 Å². The van der Waals surface area contributed by atoms with Crippen LogP contribution in [0.2, 0.25) is 0 Å². The third-order valence-corrected chi connectivity index (χ3v) is 7.10. The molecule has 0 saturated heterocycles. The highest BCUT2D eigenvalue weighted by Crippen LogP contribution is 2.61. The van der Waals surface area contributed by atoms with Crippen molar-refractivity contribution in [2.75, 3.05) is 7.11 Å². The van der Waals surface area contributed by atoms with Crippen LogP contribution in [0.4, 0.5) is 0 Å². The minimum Gasteiger partial charge on any atom is -0.469 e. The second kappa shape index (κ2) is 7.19. The molecule has 0 heterocycles. The van der Waals surface area contributed by atoms with Gasteiger partial charge in [-0.15, -0.1) is 0 Å². The number of fused-ring (bicyclic) bond motifs is 1. The number of hydrogen-bond donors (Lipinski definition) is 1. The highest BCUT2D eigenvalue weighted by molar-refractivity contribution is 5.69. The first-order valence-electron chi connectivity index (χ1n) is 9.55. The standard InChI is InChI=1S/C21H36O3/c1-14(12-19(23)24-6)8-9-16-15(2)17(22)13-18-20(3,4)10-7-11-21(16,18)5/h14,16-18,22H,2,7-13H2,1,3-6H3/t14-,16+,17-,18+,21-/m1/s1. The normalized spacial score (nSPS) is 36.8. The molecule has 0 radical (unpaired) electrons. The lowest BCUT2D eigenvalue weighted by atomic mass is 9.46. The zero-order valence-corrected chi connectivity index (χ0v) is 16.2. The van der Waals surface area contributed by atoms with Gasteiger partial charge in [0, 0.05) is 6.42 Å². The zero-order chi connectivity index (χ0) is 18.1. The Hall–Kier alpha value is -0.830. The Labute approximate surface area is 147 Å². The van der Waals surface area contributed by atoms with Crippen molar-refractivity contribution in [3.05, 3.63) is 12.2 Å². The summed E-state index contributed by atoms with van der Waals surface area (Å²) in [4.78, 5) is 11.5. The molecule has 2 aliphatic carbocycles. The van der Waals surface area contributed by atoms with Gasteiger partial charge >= 0.3 is 5.97 Å². The monoisotopic (exact) mass is 336 g/mol. The Morgan fingerprint density at radius 1 is 1.38 bits per heavy atom. The van der Waals surface area contributed by atoms with Crippen LogP contribution in [0.1, 0.15) is 72.6 Å². The largest absolute Gasteiger partial charge is 0.469 e. The van der Waals surface area contributed by atoms with E-state index in [0.29, 0.717) is 24.2 Å². The Kier molecular flexibility index (Phi) is 5.84. The summed E-state index contributed by atoms with van der Waals surface area (Å²) in [6, 6.07) is 0. The first-order valence-corrected chi connectivity index (χ1v) is 9.55. The maximum atomic E-state index is 11.5. The maximum absolute atomic E-state index is 11.5. The molecule has 0 spiro atoms. The summed E-state index contributed by atoms with van der Waals surface area (Å²) in [6.07, 6.45) is 6.69. The first kappa shape index (κ1) is 19.5. The molecule has 0 aromatic carbocycles. The summed E-state index contributed by atoms with van der Waals surface area (Å²) in [5.74, 6) is 1.07. The molecule has 0 aliphatic heterocycles. The number of carbonyl (C=O) groups excluding carboxylic acids is 1. The third-order valence-electron chi connectivity index (χ3n) is 7.10. The molecule has 2 fully saturated rings. The average molecular weight is 337 g/mol. The highest BCUT2D eigenvalue weighted by Gasteiger charge is 2.54. The molecule has 1 N–H and O–H groups in total. The smallest absolute Gasteiger partial charge is 0.305 e. The molecule has 3 nitrogen and oxygen atoms in total. The van der Waals surface area contributed by atoms with Crippen LogP contribution in [0.15, 0.2) is 12.2 Å². The molecule has 0 unspecified atom stereocenters. The minimum absolute atomic E-state index is 0.132. The van der Waals surface area contributed by atoms with E-state index in [4.69, 9.17) is 4.74 Å².